The average Bonchev–Trinajstić information content (AvgIpc) is 3.06. The minimum absolute atomic E-state index is 0.0372. The Morgan fingerprint density at radius 2 is 2.00 bits per heavy atom. The standard InChI is InChI=1S/C17H19F2N3O5S/c1-11-20-14(21-27-11)9-28-10-16(24)25-8-15(23)22(2)7-12-3-5-13(6-4-12)26-17(18)19/h3-6,17H,7-10H2,1-2H3. The summed E-state index contributed by atoms with van der Waals surface area (Å²) >= 11 is 1.25. The quantitative estimate of drug-likeness (QED) is 0.546. The van der Waals surface area contributed by atoms with Crippen molar-refractivity contribution in [2.75, 3.05) is 19.4 Å². The van der Waals surface area contributed by atoms with Gasteiger partial charge in [-0.25, -0.2) is 0 Å². The molecule has 2 rings (SSSR count). The first-order chi connectivity index (χ1) is 13.3. The van der Waals surface area contributed by atoms with E-state index in [4.69, 9.17) is 9.26 Å². The highest BCUT2D eigenvalue weighted by molar-refractivity contribution is 7.99. The van der Waals surface area contributed by atoms with Crippen LogP contribution in [-0.4, -0.2) is 52.9 Å². The van der Waals surface area contributed by atoms with Crippen molar-refractivity contribution in [3.63, 3.8) is 0 Å². The van der Waals surface area contributed by atoms with Crippen molar-refractivity contribution in [2.24, 2.45) is 0 Å². The van der Waals surface area contributed by atoms with E-state index in [1.165, 1.54) is 28.8 Å². The second kappa shape index (κ2) is 10.6. The number of carbonyl (C=O) groups excluding carboxylic acids is 2. The monoisotopic (exact) mass is 415 g/mol. The Labute approximate surface area is 164 Å². The van der Waals surface area contributed by atoms with Gasteiger partial charge in [0.05, 0.1) is 11.5 Å². The van der Waals surface area contributed by atoms with E-state index in [1.54, 1.807) is 26.1 Å². The highest BCUT2D eigenvalue weighted by atomic mass is 32.2. The van der Waals surface area contributed by atoms with Crippen LogP contribution in [0.25, 0.3) is 0 Å². The Morgan fingerprint density at radius 1 is 1.29 bits per heavy atom. The molecule has 0 fully saturated rings. The average molecular weight is 415 g/mol. The van der Waals surface area contributed by atoms with Gasteiger partial charge in [0.2, 0.25) is 5.89 Å². The van der Waals surface area contributed by atoms with Gasteiger partial charge < -0.3 is 18.9 Å². The van der Waals surface area contributed by atoms with E-state index in [2.05, 4.69) is 14.9 Å². The van der Waals surface area contributed by atoms with E-state index in [-0.39, 0.29) is 30.6 Å². The van der Waals surface area contributed by atoms with Crippen LogP contribution in [0, 0.1) is 6.92 Å². The molecule has 1 aromatic carbocycles. The number of ether oxygens (including phenoxy) is 2. The zero-order valence-corrected chi connectivity index (χ0v) is 16.1. The number of rotatable bonds is 10. The van der Waals surface area contributed by atoms with E-state index < -0.39 is 12.6 Å². The summed E-state index contributed by atoms with van der Waals surface area (Å²) in [6.45, 7) is -1.37. The van der Waals surface area contributed by atoms with Crippen LogP contribution >= 0.6 is 11.8 Å². The molecular weight excluding hydrogens is 396 g/mol. The number of nitrogens with zero attached hydrogens (tertiary/aromatic N) is 3. The van der Waals surface area contributed by atoms with Crippen LogP contribution in [0.4, 0.5) is 8.78 Å². The molecule has 0 aliphatic carbocycles. The number of benzene rings is 1. The van der Waals surface area contributed by atoms with Gasteiger partial charge in [0.25, 0.3) is 5.91 Å². The number of carbonyl (C=O) groups is 2. The lowest BCUT2D eigenvalue weighted by Crippen LogP contribution is -2.31. The van der Waals surface area contributed by atoms with Crippen molar-refractivity contribution in [1.29, 1.82) is 0 Å². The van der Waals surface area contributed by atoms with Crippen LogP contribution in [0.1, 0.15) is 17.3 Å². The molecule has 0 saturated carbocycles. The SMILES string of the molecule is Cc1nc(CSCC(=O)OCC(=O)N(C)Cc2ccc(OC(F)F)cc2)no1. The molecule has 28 heavy (non-hydrogen) atoms. The number of alkyl halides is 2. The molecule has 0 aliphatic heterocycles. The Kier molecular flexibility index (Phi) is 8.18. The van der Waals surface area contributed by atoms with Gasteiger partial charge in [0.1, 0.15) is 5.75 Å². The molecule has 152 valence electrons. The lowest BCUT2D eigenvalue weighted by Gasteiger charge is -2.17. The van der Waals surface area contributed by atoms with Crippen LogP contribution in [0.2, 0.25) is 0 Å². The first-order valence-corrected chi connectivity index (χ1v) is 9.29. The maximum absolute atomic E-state index is 12.1. The molecule has 0 unspecified atom stereocenters. The maximum Gasteiger partial charge on any atom is 0.387 e. The summed E-state index contributed by atoms with van der Waals surface area (Å²) in [5.74, 6) is 0.497. The predicted octanol–water partition coefficient (Wildman–Crippen LogP) is 2.41. The Morgan fingerprint density at radius 3 is 2.61 bits per heavy atom. The smallest absolute Gasteiger partial charge is 0.387 e. The van der Waals surface area contributed by atoms with Gasteiger partial charge in [0.15, 0.2) is 12.4 Å². The van der Waals surface area contributed by atoms with Crippen molar-refractivity contribution >= 4 is 23.6 Å². The molecule has 11 heteroatoms. The minimum atomic E-state index is -2.89. The maximum atomic E-state index is 12.1. The Balaban J connectivity index is 1.67. The van der Waals surface area contributed by atoms with Crippen LogP contribution in [0.5, 0.6) is 5.75 Å². The molecule has 0 radical (unpaired) electrons. The molecule has 0 spiro atoms. The van der Waals surface area contributed by atoms with E-state index in [0.29, 0.717) is 17.5 Å². The molecule has 0 N–H and O–H groups in total. The van der Waals surface area contributed by atoms with Crippen LogP contribution in [0.3, 0.4) is 0 Å². The number of thioether (sulfide) groups is 1. The van der Waals surface area contributed by atoms with E-state index in [0.717, 1.165) is 5.56 Å². The molecule has 0 aliphatic rings. The third-order valence-corrected chi connectivity index (χ3v) is 4.27. The number of esters is 1. The zero-order valence-electron chi connectivity index (χ0n) is 15.3. The van der Waals surface area contributed by atoms with Gasteiger partial charge >= 0.3 is 12.6 Å². The summed E-state index contributed by atoms with van der Waals surface area (Å²) in [5.41, 5.74) is 0.717. The van der Waals surface area contributed by atoms with Crippen LogP contribution in [-0.2, 0) is 26.6 Å². The summed E-state index contributed by atoms with van der Waals surface area (Å²) in [4.78, 5) is 29.1. The summed E-state index contributed by atoms with van der Waals surface area (Å²) in [6.07, 6.45) is 0. The molecule has 0 atom stereocenters. The summed E-state index contributed by atoms with van der Waals surface area (Å²) in [7, 11) is 1.55. The number of aryl methyl sites for hydroxylation is 1. The van der Waals surface area contributed by atoms with Gasteiger partial charge in [-0.15, -0.1) is 11.8 Å². The van der Waals surface area contributed by atoms with Gasteiger partial charge in [-0.3, -0.25) is 9.59 Å². The largest absolute Gasteiger partial charge is 0.455 e. The Bertz CT molecular complexity index is 785. The number of amides is 1. The second-order valence-corrected chi connectivity index (χ2v) is 6.64. The van der Waals surface area contributed by atoms with Crippen molar-refractivity contribution in [3.8, 4) is 5.75 Å². The van der Waals surface area contributed by atoms with Crippen molar-refractivity contribution in [2.45, 2.75) is 25.8 Å². The molecule has 1 amide bonds. The molecule has 1 heterocycles. The number of hydrogen-bond acceptors (Lipinski definition) is 8. The lowest BCUT2D eigenvalue weighted by atomic mass is 10.2. The highest BCUT2D eigenvalue weighted by Gasteiger charge is 2.13. The fourth-order valence-corrected chi connectivity index (χ4v) is 2.71. The first-order valence-electron chi connectivity index (χ1n) is 8.13. The van der Waals surface area contributed by atoms with Crippen molar-refractivity contribution in [1.82, 2.24) is 15.0 Å². The number of halogens is 2. The molecule has 2 aromatic rings. The van der Waals surface area contributed by atoms with Crippen LogP contribution < -0.4 is 4.74 Å². The second-order valence-electron chi connectivity index (χ2n) is 5.66. The fourth-order valence-electron chi connectivity index (χ4n) is 2.06. The highest BCUT2D eigenvalue weighted by Crippen LogP contribution is 2.16. The van der Waals surface area contributed by atoms with Crippen molar-refractivity contribution < 1.29 is 32.4 Å². The molecular formula is C17H19F2N3O5S. The first kappa shape index (κ1) is 21.6. The zero-order chi connectivity index (χ0) is 20.5. The van der Waals surface area contributed by atoms with Crippen molar-refractivity contribution in [3.05, 3.63) is 41.5 Å². The third-order valence-electron chi connectivity index (χ3n) is 3.37. The number of aromatic nitrogens is 2. The van der Waals surface area contributed by atoms with Gasteiger partial charge in [-0.2, -0.15) is 13.8 Å². The number of hydrogen-bond donors (Lipinski definition) is 0. The molecule has 8 nitrogen and oxygen atoms in total. The van der Waals surface area contributed by atoms with Gasteiger partial charge in [-0.1, -0.05) is 17.3 Å². The molecule has 0 saturated heterocycles. The van der Waals surface area contributed by atoms with Gasteiger partial charge in [0, 0.05) is 20.5 Å². The fraction of sp³-hybridized carbons (Fsp3) is 0.412. The summed E-state index contributed by atoms with van der Waals surface area (Å²) in [6, 6.07) is 5.93. The molecule has 0 bridgehead atoms. The van der Waals surface area contributed by atoms with E-state index >= 15 is 0 Å². The van der Waals surface area contributed by atoms with E-state index in [9.17, 15) is 18.4 Å². The minimum Gasteiger partial charge on any atom is -0.455 e. The third kappa shape index (κ3) is 7.51. The van der Waals surface area contributed by atoms with Crippen LogP contribution in [0.15, 0.2) is 28.8 Å². The Hall–Kier alpha value is -2.69. The van der Waals surface area contributed by atoms with Gasteiger partial charge in [-0.05, 0) is 17.7 Å². The molecule has 1 aromatic heterocycles. The number of likely N-dealkylation sites (N-methyl/N-ethyl adjacent to an activating group) is 1. The van der Waals surface area contributed by atoms with E-state index in [1.807, 2.05) is 0 Å². The summed E-state index contributed by atoms with van der Waals surface area (Å²) in [5, 5.41) is 3.70. The summed E-state index contributed by atoms with van der Waals surface area (Å²) < 4.78 is 38.3. The normalized spacial score (nSPS) is 10.8. The lowest BCUT2D eigenvalue weighted by molar-refractivity contribution is -0.149. The topological polar surface area (TPSA) is 94.8 Å². The predicted molar refractivity (Wildman–Crippen MR) is 95.7 cm³/mol.